The van der Waals surface area contributed by atoms with Crippen LogP contribution < -0.4 is 5.73 Å². The first-order valence-electron chi connectivity index (χ1n) is 4.70. The van der Waals surface area contributed by atoms with Crippen molar-refractivity contribution in [2.45, 2.75) is 32.4 Å². The molecule has 0 aromatic heterocycles. The number of hydrogen-bond donors (Lipinski definition) is 2. The summed E-state index contributed by atoms with van der Waals surface area (Å²) in [5, 5.41) is 11.4. The van der Waals surface area contributed by atoms with Crippen molar-refractivity contribution in [1.82, 2.24) is 4.90 Å². The molecule has 3 N–H and O–H groups in total. The van der Waals surface area contributed by atoms with Crippen LogP contribution in [0.2, 0.25) is 0 Å². The van der Waals surface area contributed by atoms with Crippen LogP contribution in [0.4, 0.5) is 0 Å². The van der Waals surface area contributed by atoms with Crippen molar-refractivity contribution in [3.8, 4) is 0 Å². The number of likely N-dealkylation sites (N-methyl/N-ethyl adjacent to an activating group) is 1. The van der Waals surface area contributed by atoms with Gasteiger partial charge in [-0.3, -0.25) is 4.90 Å². The maximum absolute atomic E-state index is 8.43. The minimum absolute atomic E-state index is 0.232. The third-order valence-electron chi connectivity index (χ3n) is 2.43. The van der Waals surface area contributed by atoms with Gasteiger partial charge in [0, 0.05) is 25.6 Å². The van der Waals surface area contributed by atoms with Crippen molar-refractivity contribution in [1.29, 1.82) is 0 Å². The Morgan fingerprint density at radius 2 is 2.07 bits per heavy atom. The Morgan fingerprint density at radius 3 is 2.50 bits per heavy atom. The lowest BCUT2D eigenvalue weighted by Crippen LogP contribution is -2.41. The van der Waals surface area contributed by atoms with E-state index in [1.807, 2.05) is 14.0 Å². The molecule has 2 atom stereocenters. The first kappa shape index (κ1) is 13.2. The molecule has 14 heavy (non-hydrogen) atoms. The second-order valence-corrected chi connectivity index (χ2v) is 3.61. The summed E-state index contributed by atoms with van der Waals surface area (Å²) in [6, 6.07) is 0.553. The summed E-state index contributed by atoms with van der Waals surface area (Å²) in [6.45, 7) is 4.79. The molecule has 0 fully saturated rings. The van der Waals surface area contributed by atoms with Gasteiger partial charge in [-0.25, -0.2) is 0 Å². The van der Waals surface area contributed by atoms with E-state index in [9.17, 15) is 0 Å². The monoisotopic (exact) mass is 203 g/mol. The number of methoxy groups -OCH3 is 1. The van der Waals surface area contributed by atoms with E-state index in [0.29, 0.717) is 19.1 Å². The van der Waals surface area contributed by atoms with E-state index < -0.39 is 0 Å². The van der Waals surface area contributed by atoms with Gasteiger partial charge in [0.2, 0.25) is 0 Å². The van der Waals surface area contributed by atoms with Crippen LogP contribution in [0.25, 0.3) is 0 Å². The number of oxime groups is 1. The highest BCUT2D eigenvalue weighted by Crippen LogP contribution is 2.06. The van der Waals surface area contributed by atoms with Crippen molar-refractivity contribution in [2.24, 2.45) is 10.9 Å². The van der Waals surface area contributed by atoms with E-state index in [1.54, 1.807) is 7.11 Å². The van der Waals surface area contributed by atoms with Crippen molar-refractivity contribution < 1.29 is 9.94 Å². The number of nitrogens with two attached hydrogens (primary N) is 1. The zero-order valence-corrected chi connectivity index (χ0v) is 9.40. The third-order valence-corrected chi connectivity index (χ3v) is 2.43. The molecular weight excluding hydrogens is 182 g/mol. The molecule has 0 aromatic carbocycles. The predicted molar refractivity (Wildman–Crippen MR) is 56.6 cm³/mol. The summed E-state index contributed by atoms with van der Waals surface area (Å²) in [5.41, 5.74) is 5.43. The molecule has 0 aliphatic rings. The molecule has 0 aromatic rings. The van der Waals surface area contributed by atoms with Crippen LogP contribution in [0.1, 0.15) is 20.3 Å². The molecule has 0 radical (unpaired) electrons. The van der Waals surface area contributed by atoms with Crippen LogP contribution >= 0.6 is 0 Å². The normalized spacial score (nSPS) is 17.1. The minimum atomic E-state index is 0.232. The van der Waals surface area contributed by atoms with Crippen LogP contribution in [0.5, 0.6) is 0 Å². The van der Waals surface area contributed by atoms with Crippen molar-refractivity contribution in [3.05, 3.63) is 0 Å². The van der Waals surface area contributed by atoms with Crippen molar-refractivity contribution >= 4 is 5.84 Å². The SMILES string of the molecule is COCC(C)N(C)C(C)CC(N)=NO. The molecule has 5 nitrogen and oxygen atoms in total. The molecule has 0 aliphatic heterocycles. The second kappa shape index (κ2) is 6.62. The molecule has 0 aliphatic carbocycles. The highest BCUT2D eigenvalue weighted by molar-refractivity contribution is 5.80. The van der Waals surface area contributed by atoms with Crippen LogP contribution in [0.3, 0.4) is 0 Å². The van der Waals surface area contributed by atoms with E-state index in [2.05, 4.69) is 17.0 Å². The van der Waals surface area contributed by atoms with Gasteiger partial charge in [-0.1, -0.05) is 5.16 Å². The summed E-state index contributed by atoms with van der Waals surface area (Å²) < 4.78 is 5.05. The van der Waals surface area contributed by atoms with Gasteiger partial charge in [0.15, 0.2) is 0 Å². The number of hydrogen-bond acceptors (Lipinski definition) is 4. The van der Waals surface area contributed by atoms with E-state index in [1.165, 1.54) is 0 Å². The molecule has 2 unspecified atom stereocenters. The fourth-order valence-corrected chi connectivity index (χ4v) is 1.28. The maximum Gasteiger partial charge on any atom is 0.140 e. The number of ether oxygens (including phenoxy) is 1. The zero-order chi connectivity index (χ0) is 11.1. The maximum atomic E-state index is 8.43. The third kappa shape index (κ3) is 4.43. The molecule has 0 saturated carbocycles. The van der Waals surface area contributed by atoms with E-state index in [-0.39, 0.29) is 11.9 Å². The highest BCUT2D eigenvalue weighted by atomic mass is 16.5. The Morgan fingerprint density at radius 1 is 1.50 bits per heavy atom. The lowest BCUT2D eigenvalue weighted by molar-refractivity contribution is 0.0954. The molecular formula is C9H21N3O2. The molecule has 0 saturated heterocycles. The summed E-state index contributed by atoms with van der Waals surface area (Å²) >= 11 is 0. The first-order chi connectivity index (χ1) is 6.52. The van der Waals surface area contributed by atoms with Gasteiger partial charge in [-0.2, -0.15) is 0 Å². The predicted octanol–water partition coefficient (Wildman–Crippen LogP) is 0.478. The van der Waals surface area contributed by atoms with Gasteiger partial charge in [0.05, 0.1) is 6.61 Å². The summed E-state index contributed by atoms with van der Waals surface area (Å²) in [7, 11) is 3.68. The van der Waals surface area contributed by atoms with E-state index >= 15 is 0 Å². The average Bonchev–Trinajstić information content (AvgIpc) is 2.16. The molecule has 0 rings (SSSR count). The van der Waals surface area contributed by atoms with Gasteiger partial charge >= 0.3 is 0 Å². The smallest absolute Gasteiger partial charge is 0.140 e. The van der Waals surface area contributed by atoms with E-state index in [0.717, 1.165) is 0 Å². The highest BCUT2D eigenvalue weighted by Gasteiger charge is 2.16. The fourth-order valence-electron chi connectivity index (χ4n) is 1.28. The van der Waals surface area contributed by atoms with Crippen LogP contribution in [0, 0.1) is 0 Å². The van der Waals surface area contributed by atoms with Crippen molar-refractivity contribution in [3.63, 3.8) is 0 Å². The quantitative estimate of drug-likeness (QED) is 0.285. The van der Waals surface area contributed by atoms with Crippen LogP contribution in [-0.4, -0.2) is 48.8 Å². The Hall–Kier alpha value is -0.810. The van der Waals surface area contributed by atoms with Gasteiger partial charge < -0.3 is 15.7 Å². The van der Waals surface area contributed by atoms with Crippen LogP contribution in [0.15, 0.2) is 5.16 Å². The first-order valence-corrected chi connectivity index (χ1v) is 4.70. The second-order valence-electron chi connectivity index (χ2n) is 3.61. The lowest BCUT2D eigenvalue weighted by Gasteiger charge is -2.29. The number of nitrogens with zero attached hydrogens (tertiary/aromatic N) is 2. The van der Waals surface area contributed by atoms with Crippen molar-refractivity contribution in [2.75, 3.05) is 20.8 Å². The summed E-state index contributed by atoms with van der Waals surface area (Å²) in [4.78, 5) is 2.14. The molecule has 84 valence electrons. The lowest BCUT2D eigenvalue weighted by atomic mass is 10.1. The van der Waals surface area contributed by atoms with Gasteiger partial charge in [-0.15, -0.1) is 0 Å². The van der Waals surface area contributed by atoms with Gasteiger partial charge in [-0.05, 0) is 20.9 Å². The summed E-state index contributed by atoms with van der Waals surface area (Å²) in [5.74, 6) is 0.258. The molecule has 5 heteroatoms. The fraction of sp³-hybridized carbons (Fsp3) is 0.889. The standard InChI is InChI=1S/C9H21N3O2/c1-7(5-9(10)11-13)12(3)8(2)6-14-4/h7-8,13H,5-6H2,1-4H3,(H2,10,11). The van der Waals surface area contributed by atoms with E-state index in [4.69, 9.17) is 15.7 Å². The summed E-state index contributed by atoms with van der Waals surface area (Å²) in [6.07, 6.45) is 0.557. The average molecular weight is 203 g/mol. The Labute approximate surface area is 85.5 Å². The minimum Gasteiger partial charge on any atom is -0.409 e. The Kier molecular flexibility index (Phi) is 6.23. The number of rotatable bonds is 6. The Bertz CT molecular complexity index is 185. The molecule has 0 amide bonds. The molecule has 0 bridgehead atoms. The van der Waals surface area contributed by atoms with Crippen LogP contribution in [-0.2, 0) is 4.74 Å². The largest absolute Gasteiger partial charge is 0.409 e. The van der Waals surface area contributed by atoms with Gasteiger partial charge in [0.25, 0.3) is 0 Å². The molecule has 0 spiro atoms. The Balaban J connectivity index is 4.03. The number of amidine groups is 1. The zero-order valence-electron chi connectivity index (χ0n) is 9.40. The molecule has 0 heterocycles. The van der Waals surface area contributed by atoms with Gasteiger partial charge in [0.1, 0.15) is 5.84 Å². The topological polar surface area (TPSA) is 71.1 Å².